The van der Waals surface area contributed by atoms with Gasteiger partial charge in [-0.05, 0) is 42.3 Å². The predicted octanol–water partition coefficient (Wildman–Crippen LogP) is 3.43. The molecule has 0 spiro atoms. The van der Waals surface area contributed by atoms with Crippen molar-refractivity contribution in [1.29, 1.82) is 0 Å². The van der Waals surface area contributed by atoms with Gasteiger partial charge in [0.15, 0.2) is 5.01 Å². The van der Waals surface area contributed by atoms with Crippen molar-refractivity contribution >= 4 is 44.7 Å². The second-order valence-electron chi connectivity index (χ2n) is 5.36. The van der Waals surface area contributed by atoms with Crippen LogP contribution in [0.1, 0.15) is 21.8 Å². The van der Waals surface area contributed by atoms with Crippen molar-refractivity contribution in [2.24, 2.45) is 0 Å². The van der Waals surface area contributed by atoms with E-state index in [-0.39, 0.29) is 11.8 Å². The van der Waals surface area contributed by atoms with Crippen LogP contribution in [0.5, 0.6) is 0 Å². The first kappa shape index (κ1) is 13.9. The highest BCUT2D eigenvalue weighted by atomic mass is 32.1. The number of aromatic nitrogens is 1. The van der Waals surface area contributed by atoms with E-state index in [1.54, 1.807) is 6.07 Å². The molecule has 1 aliphatic rings. The van der Waals surface area contributed by atoms with Crippen molar-refractivity contribution in [2.75, 3.05) is 10.6 Å². The molecule has 0 saturated heterocycles. The Morgan fingerprint density at radius 3 is 2.91 bits per heavy atom. The van der Waals surface area contributed by atoms with Crippen LogP contribution in [0.25, 0.3) is 10.2 Å². The summed E-state index contributed by atoms with van der Waals surface area (Å²) in [7, 11) is 0. The maximum absolute atomic E-state index is 12.4. The molecule has 2 amide bonds. The second-order valence-corrected chi connectivity index (χ2v) is 6.39. The lowest BCUT2D eigenvalue weighted by Crippen LogP contribution is -2.19. The number of anilines is 2. The quantitative estimate of drug-likeness (QED) is 0.759. The topological polar surface area (TPSA) is 71.1 Å². The third-order valence-electron chi connectivity index (χ3n) is 3.75. The van der Waals surface area contributed by atoms with Gasteiger partial charge in [-0.1, -0.05) is 12.1 Å². The van der Waals surface area contributed by atoms with E-state index in [1.165, 1.54) is 11.3 Å². The number of nitrogens with one attached hydrogen (secondary N) is 2. The number of hydrogen-bond donors (Lipinski definition) is 2. The largest absolute Gasteiger partial charge is 0.326 e. The monoisotopic (exact) mass is 323 g/mol. The Kier molecular flexibility index (Phi) is 3.31. The number of hydrogen-bond acceptors (Lipinski definition) is 4. The van der Waals surface area contributed by atoms with Crippen LogP contribution in [0.2, 0.25) is 0 Å². The van der Waals surface area contributed by atoms with Gasteiger partial charge in [0.1, 0.15) is 0 Å². The highest BCUT2D eigenvalue weighted by Crippen LogP contribution is 2.27. The zero-order valence-electron chi connectivity index (χ0n) is 12.1. The molecular formula is C17H13N3O2S. The second kappa shape index (κ2) is 5.48. The number of para-hydroxylation sites is 1. The van der Waals surface area contributed by atoms with Crippen LogP contribution in [-0.2, 0) is 11.2 Å². The van der Waals surface area contributed by atoms with Crippen molar-refractivity contribution in [3.8, 4) is 0 Å². The van der Waals surface area contributed by atoms with E-state index in [9.17, 15) is 9.59 Å². The molecule has 0 bridgehead atoms. The van der Waals surface area contributed by atoms with Crippen LogP contribution in [0, 0.1) is 0 Å². The van der Waals surface area contributed by atoms with Crippen LogP contribution in [0.3, 0.4) is 0 Å². The van der Waals surface area contributed by atoms with Crippen LogP contribution < -0.4 is 10.6 Å². The van der Waals surface area contributed by atoms with Gasteiger partial charge in [0.2, 0.25) is 5.91 Å². The van der Waals surface area contributed by atoms with Gasteiger partial charge in [-0.3, -0.25) is 9.59 Å². The molecule has 0 aliphatic carbocycles. The molecule has 1 aliphatic heterocycles. The number of aryl methyl sites for hydroxylation is 1. The molecule has 3 aromatic rings. The van der Waals surface area contributed by atoms with Crippen LogP contribution in [0.4, 0.5) is 11.4 Å². The molecule has 0 fully saturated rings. The molecule has 0 saturated carbocycles. The summed E-state index contributed by atoms with van der Waals surface area (Å²) in [6.45, 7) is 0. The zero-order valence-corrected chi connectivity index (χ0v) is 12.9. The summed E-state index contributed by atoms with van der Waals surface area (Å²) in [5.41, 5.74) is 3.39. The van der Waals surface area contributed by atoms with E-state index in [0.717, 1.165) is 21.5 Å². The third kappa shape index (κ3) is 2.68. The number of carbonyl (C=O) groups is 2. The number of carbonyl (C=O) groups excluding carboxylic acids is 2. The SMILES string of the molecule is O=C1CCc2cc(NC(=O)c3nc4ccccc4s3)ccc2N1. The maximum Gasteiger partial charge on any atom is 0.284 e. The first-order valence-electron chi connectivity index (χ1n) is 7.29. The number of rotatable bonds is 2. The summed E-state index contributed by atoms with van der Waals surface area (Å²) < 4.78 is 0.991. The van der Waals surface area contributed by atoms with Gasteiger partial charge >= 0.3 is 0 Å². The van der Waals surface area contributed by atoms with Crippen LogP contribution in [0.15, 0.2) is 42.5 Å². The molecule has 5 nitrogen and oxygen atoms in total. The van der Waals surface area contributed by atoms with Crippen molar-refractivity contribution in [3.63, 3.8) is 0 Å². The molecule has 23 heavy (non-hydrogen) atoms. The molecule has 2 heterocycles. The summed E-state index contributed by atoms with van der Waals surface area (Å²) in [6.07, 6.45) is 1.16. The number of amides is 2. The van der Waals surface area contributed by atoms with Gasteiger partial charge in [-0.15, -0.1) is 11.3 Å². The standard InChI is InChI=1S/C17H13N3O2S/c21-15-8-5-10-9-11(6-7-12(10)19-15)18-16(22)17-20-13-3-1-2-4-14(13)23-17/h1-4,6-7,9H,5,8H2,(H,18,22)(H,19,21). The molecular weight excluding hydrogens is 310 g/mol. The van der Waals surface area contributed by atoms with Crippen molar-refractivity contribution in [1.82, 2.24) is 4.98 Å². The average Bonchev–Trinajstić information content (AvgIpc) is 2.99. The molecule has 0 atom stereocenters. The van der Waals surface area contributed by atoms with E-state index in [2.05, 4.69) is 15.6 Å². The van der Waals surface area contributed by atoms with Gasteiger partial charge in [0.25, 0.3) is 5.91 Å². The molecule has 4 rings (SSSR count). The summed E-state index contributed by atoms with van der Waals surface area (Å²) in [5, 5.41) is 6.15. The number of benzene rings is 2. The minimum absolute atomic E-state index is 0.0313. The Morgan fingerprint density at radius 2 is 2.04 bits per heavy atom. The Balaban J connectivity index is 1.57. The van der Waals surface area contributed by atoms with Gasteiger partial charge in [0, 0.05) is 17.8 Å². The van der Waals surface area contributed by atoms with Gasteiger partial charge in [-0.2, -0.15) is 0 Å². The van der Waals surface area contributed by atoms with Crippen molar-refractivity contribution < 1.29 is 9.59 Å². The first-order chi connectivity index (χ1) is 11.2. The Morgan fingerprint density at radius 1 is 1.17 bits per heavy atom. The molecule has 114 valence electrons. The molecule has 0 unspecified atom stereocenters. The number of fused-ring (bicyclic) bond motifs is 2. The zero-order chi connectivity index (χ0) is 15.8. The molecule has 2 aromatic carbocycles. The number of nitrogens with zero attached hydrogens (tertiary/aromatic N) is 1. The average molecular weight is 323 g/mol. The fraction of sp³-hybridized carbons (Fsp3) is 0.118. The van der Waals surface area contributed by atoms with E-state index < -0.39 is 0 Å². The fourth-order valence-electron chi connectivity index (χ4n) is 2.62. The van der Waals surface area contributed by atoms with E-state index >= 15 is 0 Å². The van der Waals surface area contributed by atoms with Crippen molar-refractivity contribution in [2.45, 2.75) is 12.8 Å². The third-order valence-corrected chi connectivity index (χ3v) is 4.78. The minimum atomic E-state index is -0.217. The summed E-state index contributed by atoms with van der Waals surface area (Å²) in [6, 6.07) is 13.2. The fourth-order valence-corrected chi connectivity index (χ4v) is 3.48. The summed E-state index contributed by atoms with van der Waals surface area (Å²) >= 11 is 1.37. The maximum atomic E-state index is 12.4. The lowest BCUT2D eigenvalue weighted by atomic mass is 10.0. The van der Waals surface area contributed by atoms with Gasteiger partial charge in [0.05, 0.1) is 10.2 Å². The van der Waals surface area contributed by atoms with Crippen LogP contribution in [-0.4, -0.2) is 16.8 Å². The van der Waals surface area contributed by atoms with Gasteiger partial charge in [-0.25, -0.2) is 4.98 Å². The Labute approximate surface area is 136 Å². The van der Waals surface area contributed by atoms with Gasteiger partial charge < -0.3 is 10.6 Å². The predicted molar refractivity (Wildman–Crippen MR) is 91.0 cm³/mol. The van der Waals surface area contributed by atoms with E-state index in [4.69, 9.17) is 0 Å². The van der Waals surface area contributed by atoms with Crippen LogP contribution >= 0.6 is 11.3 Å². The highest BCUT2D eigenvalue weighted by molar-refractivity contribution is 7.20. The smallest absolute Gasteiger partial charge is 0.284 e. The Hall–Kier alpha value is -2.73. The Bertz CT molecular complexity index is 899. The highest BCUT2D eigenvalue weighted by Gasteiger charge is 2.16. The lowest BCUT2D eigenvalue weighted by molar-refractivity contribution is -0.116. The summed E-state index contributed by atoms with van der Waals surface area (Å²) in [5.74, 6) is -0.185. The van der Waals surface area contributed by atoms with E-state index in [0.29, 0.717) is 23.5 Å². The molecule has 2 N–H and O–H groups in total. The number of thiazole rings is 1. The lowest BCUT2D eigenvalue weighted by Gasteiger charge is -2.17. The first-order valence-corrected chi connectivity index (χ1v) is 8.10. The van der Waals surface area contributed by atoms with E-state index in [1.807, 2.05) is 36.4 Å². The normalized spacial score (nSPS) is 13.5. The molecule has 1 aromatic heterocycles. The molecule has 6 heteroatoms. The minimum Gasteiger partial charge on any atom is -0.326 e. The summed E-state index contributed by atoms with van der Waals surface area (Å²) in [4.78, 5) is 28.1. The van der Waals surface area contributed by atoms with Crippen molar-refractivity contribution in [3.05, 3.63) is 53.0 Å². The molecule has 0 radical (unpaired) electrons.